The third kappa shape index (κ3) is 2.26. The standard InChI is InChI=1S/C15H13N5O2/c21-15-20-19-13(22-15)10-7-16-14(17-8-10)18-12-6-5-9-3-1-2-4-11(9)12/h1-4,7-8,12H,5-6H2,(H,20,21)(H,16,17,18)/t12-/m1/s1. The Bertz CT molecular complexity index is 853. The van der Waals surface area contributed by atoms with E-state index >= 15 is 0 Å². The second-order valence-corrected chi connectivity index (χ2v) is 5.15. The molecule has 7 nitrogen and oxygen atoms in total. The van der Waals surface area contributed by atoms with Crippen LogP contribution in [0.4, 0.5) is 5.95 Å². The number of benzene rings is 1. The summed E-state index contributed by atoms with van der Waals surface area (Å²) in [4.78, 5) is 19.5. The molecule has 110 valence electrons. The van der Waals surface area contributed by atoms with Crippen LogP contribution in [0.15, 0.2) is 45.9 Å². The molecule has 1 aromatic carbocycles. The quantitative estimate of drug-likeness (QED) is 0.766. The smallest absolute Gasteiger partial charge is 0.388 e. The number of aromatic amines is 1. The highest BCUT2D eigenvalue weighted by molar-refractivity contribution is 5.50. The van der Waals surface area contributed by atoms with Gasteiger partial charge >= 0.3 is 5.76 Å². The number of H-pyrrole nitrogens is 1. The van der Waals surface area contributed by atoms with E-state index in [2.05, 4.69) is 43.7 Å². The predicted molar refractivity (Wildman–Crippen MR) is 79.3 cm³/mol. The Morgan fingerprint density at radius 3 is 2.82 bits per heavy atom. The van der Waals surface area contributed by atoms with Gasteiger partial charge in [0.15, 0.2) is 0 Å². The highest BCUT2D eigenvalue weighted by atomic mass is 16.4. The van der Waals surface area contributed by atoms with Gasteiger partial charge in [-0.25, -0.2) is 19.9 Å². The molecule has 4 rings (SSSR count). The molecule has 1 atom stereocenters. The van der Waals surface area contributed by atoms with Gasteiger partial charge in [0.05, 0.1) is 11.6 Å². The Morgan fingerprint density at radius 1 is 1.23 bits per heavy atom. The van der Waals surface area contributed by atoms with Crippen molar-refractivity contribution in [3.8, 4) is 11.5 Å². The first-order chi connectivity index (χ1) is 10.8. The molecule has 3 aromatic rings. The lowest BCUT2D eigenvalue weighted by molar-refractivity contribution is 0.526. The third-order valence-corrected chi connectivity index (χ3v) is 3.77. The van der Waals surface area contributed by atoms with Crippen molar-refractivity contribution in [3.63, 3.8) is 0 Å². The van der Waals surface area contributed by atoms with Gasteiger partial charge in [-0.2, -0.15) is 0 Å². The minimum Gasteiger partial charge on any atom is -0.388 e. The fraction of sp³-hybridized carbons (Fsp3) is 0.200. The topological polar surface area (TPSA) is 96.7 Å². The monoisotopic (exact) mass is 295 g/mol. The zero-order valence-electron chi connectivity index (χ0n) is 11.6. The number of rotatable bonds is 3. The molecule has 7 heteroatoms. The number of anilines is 1. The number of nitrogens with zero attached hydrogens (tertiary/aromatic N) is 3. The van der Waals surface area contributed by atoms with E-state index in [-0.39, 0.29) is 11.9 Å². The van der Waals surface area contributed by atoms with Gasteiger partial charge in [0.25, 0.3) is 5.89 Å². The molecule has 0 spiro atoms. The van der Waals surface area contributed by atoms with Gasteiger partial charge in [-0.15, -0.1) is 5.10 Å². The first-order valence-corrected chi connectivity index (χ1v) is 7.02. The molecule has 2 heterocycles. The highest BCUT2D eigenvalue weighted by Gasteiger charge is 2.22. The molecule has 22 heavy (non-hydrogen) atoms. The minimum absolute atomic E-state index is 0.183. The Balaban J connectivity index is 1.54. The molecule has 0 unspecified atom stereocenters. The molecule has 0 radical (unpaired) electrons. The van der Waals surface area contributed by atoms with E-state index in [1.807, 2.05) is 6.07 Å². The lowest BCUT2D eigenvalue weighted by atomic mass is 10.1. The summed E-state index contributed by atoms with van der Waals surface area (Å²) in [5, 5.41) is 9.29. The molecular weight excluding hydrogens is 282 g/mol. The number of aromatic nitrogens is 4. The predicted octanol–water partition coefficient (Wildman–Crippen LogP) is 1.92. The first-order valence-electron chi connectivity index (χ1n) is 7.02. The molecule has 1 aliphatic rings. The van der Waals surface area contributed by atoms with Crippen molar-refractivity contribution in [2.24, 2.45) is 0 Å². The van der Waals surface area contributed by atoms with Crippen molar-refractivity contribution in [1.29, 1.82) is 0 Å². The second-order valence-electron chi connectivity index (χ2n) is 5.15. The minimum atomic E-state index is -0.597. The molecule has 2 N–H and O–H groups in total. The maximum absolute atomic E-state index is 10.9. The first kappa shape index (κ1) is 12.8. The molecule has 2 aromatic heterocycles. The van der Waals surface area contributed by atoms with Gasteiger partial charge < -0.3 is 9.73 Å². The average molecular weight is 295 g/mol. The molecule has 0 saturated carbocycles. The van der Waals surface area contributed by atoms with E-state index in [0.29, 0.717) is 11.5 Å². The van der Waals surface area contributed by atoms with Crippen LogP contribution in [0.3, 0.4) is 0 Å². The number of nitrogens with one attached hydrogen (secondary N) is 2. The second kappa shape index (κ2) is 5.10. The Hall–Kier alpha value is -2.96. The third-order valence-electron chi connectivity index (χ3n) is 3.77. The SMILES string of the molecule is O=c1[nH]nc(-c2cnc(N[C@@H]3CCc4ccccc43)nc2)o1. The van der Waals surface area contributed by atoms with Gasteiger partial charge in [0.1, 0.15) is 0 Å². The zero-order valence-corrected chi connectivity index (χ0v) is 11.6. The van der Waals surface area contributed by atoms with E-state index in [4.69, 9.17) is 4.42 Å². The Labute approximate surface area is 125 Å². The van der Waals surface area contributed by atoms with Crippen LogP contribution < -0.4 is 11.1 Å². The van der Waals surface area contributed by atoms with Gasteiger partial charge in [-0.05, 0) is 24.0 Å². The summed E-state index contributed by atoms with van der Waals surface area (Å²) in [6, 6.07) is 8.62. The maximum Gasteiger partial charge on any atom is 0.434 e. The van der Waals surface area contributed by atoms with E-state index < -0.39 is 5.76 Å². The fourth-order valence-corrected chi connectivity index (χ4v) is 2.73. The van der Waals surface area contributed by atoms with Crippen LogP contribution in [0.25, 0.3) is 11.5 Å². The largest absolute Gasteiger partial charge is 0.434 e. The van der Waals surface area contributed by atoms with Crippen LogP contribution in [-0.2, 0) is 6.42 Å². The fourth-order valence-electron chi connectivity index (χ4n) is 2.73. The Morgan fingerprint density at radius 2 is 2.05 bits per heavy atom. The summed E-state index contributed by atoms with van der Waals surface area (Å²) in [6.07, 6.45) is 5.24. The highest BCUT2D eigenvalue weighted by Crippen LogP contribution is 2.32. The maximum atomic E-state index is 10.9. The van der Waals surface area contributed by atoms with Crippen LogP contribution in [-0.4, -0.2) is 20.2 Å². The Kier molecular flexibility index (Phi) is 2.96. The van der Waals surface area contributed by atoms with E-state index in [1.54, 1.807) is 12.4 Å². The molecule has 0 aliphatic heterocycles. The summed E-state index contributed by atoms with van der Waals surface area (Å²) < 4.78 is 4.87. The van der Waals surface area contributed by atoms with Crippen LogP contribution in [0.1, 0.15) is 23.6 Å². The molecule has 1 aliphatic carbocycles. The normalized spacial score (nSPS) is 16.5. The van der Waals surface area contributed by atoms with Crippen molar-refractivity contribution in [2.75, 3.05) is 5.32 Å². The van der Waals surface area contributed by atoms with Crippen molar-refractivity contribution >= 4 is 5.95 Å². The summed E-state index contributed by atoms with van der Waals surface area (Å²) in [7, 11) is 0. The van der Waals surface area contributed by atoms with Crippen molar-refractivity contribution < 1.29 is 4.42 Å². The van der Waals surface area contributed by atoms with E-state index in [0.717, 1.165) is 12.8 Å². The number of aryl methyl sites for hydroxylation is 1. The van der Waals surface area contributed by atoms with E-state index in [9.17, 15) is 4.79 Å². The van der Waals surface area contributed by atoms with Crippen molar-refractivity contribution in [1.82, 2.24) is 20.2 Å². The lowest BCUT2D eigenvalue weighted by Gasteiger charge is -2.13. The van der Waals surface area contributed by atoms with Crippen LogP contribution in [0.5, 0.6) is 0 Å². The molecule has 0 bridgehead atoms. The average Bonchev–Trinajstić information content (AvgIpc) is 3.15. The van der Waals surface area contributed by atoms with Crippen LogP contribution in [0.2, 0.25) is 0 Å². The molecule has 0 amide bonds. The van der Waals surface area contributed by atoms with Gasteiger partial charge in [-0.1, -0.05) is 24.3 Å². The van der Waals surface area contributed by atoms with Crippen molar-refractivity contribution in [3.05, 3.63) is 58.3 Å². The number of hydrogen-bond donors (Lipinski definition) is 2. The molecule has 0 fully saturated rings. The van der Waals surface area contributed by atoms with Crippen molar-refractivity contribution in [2.45, 2.75) is 18.9 Å². The van der Waals surface area contributed by atoms with Crippen LogP contribution >= 0.6 is 0 Å². The summed E-state index contributed by atoms with van der Waals surface area (Å²) in [5.41, 5.74) is 3.22. The zero-order chi connectivity index (χ0) is 14.9. The van der Waals surface area contributed by atoms with Crippen LogP contribution in [0, 0.1) is 0 Å². The summed E-state index contributed by atoms with van der Waals surface area (Å²) in [6.45, 7) is 0. The summed E-state index contributed by atoms with van der Waals surface area (Å²) in [5.74, 6) is 0.130. The van der Waals surface area contributed by atoms with Gasteiger partial charge in [0.2, 0.25) is 5.95 Å². The number of hydrogen-bond acceptors (Lipinski definition) is 6. The van der Waals surface area contributed by atoms with Gasteiger partial charge in [-0.3, -0.25) is 0 Å². The lowest BCUT2D eigenvalue weighted by Crippen LogP contribution is -2.09. The molecular formula is C15H13N5O2. The van der Waals surface area contributed by atoms with E-state index in [1.165, 1.54) is 11.1 Å². The number of fused-ring (bicyclic) bond motifs is 1. The van der Waals surface area contributed by atoms with Gasteiger partial charge in [0, 0.05) is 12.4 Å². The summed E-state index contributed by atoms with van der Waals surface area (Å²) >= 11 is 0. The molecule has 0 saturated heterocycles.